The number of likely N-dealkylation sites (tertiary alicyclic amines) is 1. The zero-order chi connectivity index (χ0) is 13.2. The van der Waals surface area contributed by atoms with Crippen molar-refractivity contribution >= 4 is 5.65 Å². The van der Waals surface area contributed by atoms with Crippen LogP contribution in [0.15, 0.2) is 24.5 Å². The largest absolute Gasteiger partial charge is 0.396 e. The molecular weight excluding hydrogens is 240 g/mol. The predicted molar refractivity (Wildman–Crippen MR) is 70.4 cm³/mol. The first-order chi connectivity index (χ1) is 9.30. The van der Waals surface area contributed by atoms with Gasteiger partial charge in [0.15, 0.2) is 0 Å². The Hall–Kier alpha value is -1.90. The molecule has 0 saturated carbocycles. The first kappa shape index (κ1) is 12.2. The molecule has 1 fully saturated rings. The van der Waals surface area contributed by atoms with Gasteiger partial charge in [-0.3, -0.25) is 4.90 Å². The Labute approximate surface area is 111 Å². The molecule has 1 saturated heterocycles. The zero-order valence-electron chi connectivity index (χ0n) is 10.7. The van der Waals surface area contributed by atoms with Gasteiger partial charge in [-0.15, -0.1) is 0 Å². The molecule has 0 aromatic carbocycles. The molecule has 3 rings (SSSR count). The summed E-state index contributed by atoms with van der Waals surface area (Å²) in [4.78, 5) is 6.68. The van der Waals surface area contributed by atoms with Crippen LogP contribution in [-0.4, -0.2) is 39.1 Å². The molecule has 0 radical (unpaired) electrons. The van der Waals surface area contributed by atoms with E-state index in [0.717, 1.165) is 37.4 Å². The van der Waals surface area contributed by atoms with Gasteiger partial charge in [0.25, 0.3) is 0 Å². The van der Waals surface area contributed by atoms with E-state index in [1.165, 1.54) is 0 Å². The molecule has 0 spiro atoms. The summed E-state index contributed by atoms with van der Waals surface area (Å²) in [6.45, 7) is 3.02. The van der Waals surface area contributed by atoms with Crippen LogP contribution >= 0.6 is 0 Å². The number of hydrogen-bond donors (Lipinski definition) is 1. The second kappa shape index (κ2) is 5.00. The molecular formula is C14H16N4O. The smallest absolute Gasteiger partial charge is 0.137 e. The van der Waals surface area contributed by atoms with Gasteiger partial charge >= 0.3 is 0 Å². The third-order valence-electron chi connectivity index (χ3n) is 3.73. The zero-order valence-corrected chi connectivity index (χ0v) is 10.7. The normalized spacial score (nSPS) is 19.9. The molecule has 19 heavy (non-hydrogen) atoms. The van der Waals surface area contributed by atoms with Crippen LogP contribution in [0.1, 0.15) is 17.7 Å². The number of hydrogen-bond acceptors (Lipinski definition) is 4. The van der Waals surface area contributed by atoms with Crippen LogP contribution in [0, 0.1) is 17.2 Å². The van der Waals surface area contributed by atoms with Crippen molar-refractivity contribution in [2.45, 2.75) is 13.0 Å². The quantitative estimate of drug-likeness (QED) is 0.890. The lowest BCUT2D eigenvalue weighted by Crippen LogP contribution is -2.21. The summed E-state index contributed by atoms with van der Waals surface area (Å²) in [5, 5.41) is 18.1. The Morgan fingerprint density at radius 1 is 1.47 bits per heavy atom. The van der Waals surface area contributed by atoms with Gasteiger partial charge in [-0.2, -0.15) is 5.26 Å². The van der Waals surface area contributed by atoms with E-state index < -0.39 is 0 Å². The fourth-order valence-corrected chi connectivity index (χ4v) is 2.65. The highest BCUT2D eigenvalue weighted by Gasteiger charge is 2.22. The number of aliphatic hydroxyl groups is 1. The number of imidazole rings is 1. The molecule has 5 nitrogen and oxygen atoms in total. The molecule has 1 unspecified atom stereocenters. The highest BCUT2D eigenvalue weighted by Crippen LogP contribution is 2.19. The predicted octanol–water partition coefficient (Wildman–Crippen LogP) is 1.02. The lowest BCUT2D eigenvalue weighted by Gasteiger charge is -2.15. The Morgan fingerprint density at radius 2 is 2.37 bits per heavy atom. The van der Waals surface area contributed by atoms with Crippen molar-refractivity contribution < 1.29 is 5.11 Å². The van der Waals surface area contributed by atoms with E-state index in [1.54, 1.807) is 6.07 Å². The van der Waals surface area contributed by atoms with Crippen molar-refractivity contribution in [3.63, 3.8) is 0 Å². The summed E-state index contributed by atoms with van der Waals surface area (Å²) in [7, 11) is 0. The number of aliphatic hydroxyl groups excluding tert-OH is 1. The SMILES string of the molecule is N#Cc1ccc2ncc(CN3CCC(CO)C3)n2c1. The summed E-state index contributed by atoms with van der Waals surface area (Å²) >= 11 is 0. The molecule has 1 N–H and O–H groups in total. The molecule has 2 aromatic heterocycles. The number of fused-ring (bicyclic) bond motifs is 1. The fourth-order valence-electron chi connectivity index (χ4n) is 2.65. The summed E-state index contributed by atoms with van der Waals surface area (Å²) in [6.07, 6.45) is 4.75. The molecule has 98 valence electrons. The summed E-state index contributed by atoms with van der Waals surface area (Å²) < 4.78 is 1.98. The van der Waals surface area contributed by atoms with Crippen LogP contribution in [0.2, 0.25) is 0 Å². The van der Waals surface area contributed by atoms with Gasteiger partial charge in [-0.25, -0.2) is 4.98 Å². The molecule has 3 heterocycles. The number of rotatable bonds is 3. The van der Waals surface area contributed by atoms with Crippen molar-refractivity contribution in [3.8, 4) is 6.07 Å². The van der Waals surface area contributed by atoms with Crippen LogP contribution in [0.25, 0.3) is 5.65 Å². The molecule has 0 bridgehead atoms. The van der Waals surface area contributed by atoms with Gasteiger partial charge in [-0.05, 0) is 31.0 Å². The lowest BCUT2D eigenvalue weighted by molar-refractivity contribution is 0.219. The maximum absolute atomic E-state index is 9.17. The maximum atomic E-state index is 9.17. The fraction of sp³-hybridized carbons (Fsp3) is 0.429. The van der Waals surface area contributed by atoms with Crippen molar-refractivity contribution in [1.82, 2.24) is 14.3 Å². The van der Waals surface area contributed by atoms with Gasteiger partial charge in [-0.1, -0.05) is 0 Å². The van der Waals surface area contributed by atoms with E-state index in [4.69, 9.17) is 10.4 Å². The minimum atomic E-state index is 0.266. The van der Waals surface area contributed by atoms with Crippen molar-refractivity contribution in [1.29, 1.82) is 5.26 Å². The van der Waals surface area contributed by atoms with Crippen molar-refractivity contribution in [2.75, 3.05) is 19.7 Å². The van der Waals surface area contributed by atoms with E-state index in [2.05, 4.69) is 16.0 Å². The van der Waals surface area contributed by atoms with Gasteiger partial charge in [0, 0.05) is 25.9 Å². The Bertz CT molecular complexity index is 628. The van der Waals surface area contributed by atoms with E-state index in [-0.39, 0.29) is 6.61 Å². The van der Waals surface area contributed by atoms with E-state index in [0.29, 0.717) is 11.5 Å². The first-order valence-electron chi connectivity index (χ1n) is 6.49. The van der Waals surface area contributed by atoms with Crippen molar-refractivity contribution in [3.05, 3.63) is 35.8 Å². The molecule has 0 amide bonds. The van der Waals surface area contributed by atoms with Crippen LogP contribution in [0.4, 0.5) is 0 Å². The molecule has 2 aromatic rings. The maximum Gasteiger partial charge on any atom is 0.137 e. The molecule has 5 heteroatoms. The minimum absolute atomic E-state index is 0.266. The molecule has 0 aliphatic carbocycles. The van der Waals surface area contributed by atoms with Gasteiger partial charge in [0.2, 0.25) is 0 Å². The topological polar surface area (TPSA) is 64.6 Å². The third kappa shape index (κ3) is 2.33. The Kier molecular flexibility index (Phi) is 3.20. The molecule has 1 aliphatic rings. The third-order valence-corrected chi connectivity index (χ3v) is 3.73. The average Bonchev–Trinajstić information content (AvgIpc) is 3.06. The van der Waals surface area contributed by atoms with Crippen LogP contribution < -0.4 is 0 Å². The highest BCUT2D eigenvalue weighted by molar-refractivity contribution is 5.44. The second-order valence-electron chi connectivity index (χ2n) is 5.08. The number of pyridine rings is 1. The summed E-state index contributed by atoms with van der Waals surface area (Å²) in [5.74, 6) is 0.397. The minimum Gasteiger partial charge on any atom is -0.396 e. The van der Waals surface area contributed by atoms with E-state index in [9.17, 15) is 0 Å². The van der Waals surface area contributed by atoms with Crippen LogP contribution in [-0.2, 0) is 6.54 Å². The first-order valence-corrected chi connectivity index (χ1v) is 6.49. The Morgan fingerprint density at radius 3 is 3.11 bits per heavy atom. The molecule has 1 atom stereocenters. The van der Waals surface area contributed by atoms with Crippen molar-refractivity contribution in [2.24, 2.45) is 5.92 Å². The monoisotopic (exact) mass is 256 g/mol. The standard InChI is InChI=1S/C14H16N4O/c15-5-11-1-2-14-16-6-13(18(14)8-11)9-17-4-3-12(7-17)10-19/h1-2,6,8,12,19H,3-4,7,9-10H2. The number of nitrogens with zero attached hydrogens (tertiary/aromatic N) is 4. The van der Waals surface area contributed by atoms with Gasteiger partial charge in [0.1, 0.15) is 11.7 Å². The van der Waals surface area contributed by atoms with E-state index in [1.807, 2.05) is 22.9 Å². The van der Waals surface area contributed by atoms with Gasteiger partial charge < -0.3 is 9.51 Å². The van der Waals surface area contributed by atoms with E-state index >= 15 is 0 Å². The molecule has 1 aliphatic heterocycles. The second-order valence-corrected chi connectivity index (χ2v) is 5.08. The Balaban J connectivity index is 1.83. The number of nitriles is 1. The van der Waals surface area contributed by atoms with Crippen LogP contribution in [0.5, 0.6) is 0 Å². The number of aromatic nitrogens is 2. The van der Waals surface area contributed by atoms with Crippen LogP contribution in [0.3, 0.4) is 0 Å². The summed E-state index contributed by atoms with van der Waals surface area (Å²) in [6, 6.07) is 5.80. The highest BCUT2D eigenvalue weighted by atomic mass is 16.3. The lowest BCUT2D eigenvalue weighted by atomic mass is 10.1. The van der Waals surface area contributed by atoms with Gasteiger partial charge in [0.05, 0.1) is 17.5 Å². The summed E-state index contributed by atoms with van der Waals surface area (Å²) in [5.41, 5.74) is 2.60. The average molecular weight is 256 g/mol.